The molecule has 0 unspecified atom stereocenters. The van der Waals surface area contributed by atoms with Crippen LogP contribution in [0, 0.1) is 0 Å². The molecule has 13 heteroatoms. The van der Waals surface area contributed by atoms with Crippen molar-refractivity contribution in [3.05, 3.63) is 34.9 Å². The van der Waals surface area contributed by atoms with E-state index in [9.17, 15) is 40.7 Å². The molecule has 33 heavy (non-hydrogen) atoms. The fourth-order valence-corrected chi connectivity index (χ4v) is 2.44. The zero-order chi connectivity index (χ0) is 25.4. The third-order valence-electron chi connectivity index (χ3n) is 3.63. The number of ether oxygens (including phenoxy) is 4. The molecule has 0 atom stereocenters. The minimum Gasteiger partial charge on any atom is -0.493 e. The molecule has 1 aromatic carbocycles. The van der Waals surface area contributed by atoms with Gasteiger partial charge in [-0.05, 0) is 30.7 Å². The molecule has 0 aliphatic heterocycles. The Bertz CT molecular complexity index is 946. The van der Waals surface area contributed by atoms with Gasteiger partial charge in [-0.2, -0.15) is 26.3 Å². The van der Waals surface area contributed by atoms with Crippen LogP contribution in [0.5, 0.6) is 11.5 Å². The first-order chi connectivity index (χ1) is 15.2. The zero-order valence-electron chi connectivity index (χ0n) is 17.4. The lowest BCUT2D eigenvalue weighted by Crippen LogP contribution is -2.19. The van der Waals surface area contributed by atoms with Gasteiger partial charge in [-0.25, -0.2) is 9.59 Å². The highest BCUT2D eigenvalue weighted by Crippen LogP contribution is 2.38. The van der Waals surface area contributed by atoms with Gasteiger partial charge < -0.3 is 18.9 Å². The van der Waals surface area contributed by atoms with Crippen LogP contribution in [0.1, 0.15) is 28.4 Å². The second kappa shape index (κ2) is 11.4. The van der Waals surface area contributed by atoms with Crippen molar-refractivity contribution in [3.8, 4) is 11.5 Å². The van der Waals surface area contributed by atoms with Crippen LogP contribution in [0.4, 0.5) is 26.3 Å². The number of alkyl halides is 6. The molecule has 0 aliphatic rings. The first-order valence-electron chi connectivity index (χ1n) is 8.81. The summed E-state index contributed by atoms with van der Waals surface area (Å²) in [6, 6.07) is 1.22. The summed E-state index contributed by atoms with van der Waals surface area (Å²) in [6.45, 7) is -2.56. The summed E-state index contributed by atoms with van der Waals surface area (Å²) in [4.78, 5) is 35.4. The number of hydrogen-bond donors (Lipinski definition) is 0. The van der Waals surface area contributed by atoms with E-state index in [0.29, 0.717) is 12.2 Å². The highest BCUT2D eigenvalue weighted by molar-refractivity contribution is 6.04. The van der Waals surface area contributed by atoms with Crippen LogP contribution in [0.15, 0.2) is 18.2 Å². The minimum absolute atomic E-state index is 0.0193. The van der Waals surface area contributed by atoms with E-state index in [1.54, 1.807) is 0 Å². The normalized spacial score (nSPS) is 12.2. The van der Waals surface area contributed by atoms with Crippen LogP contribution in [-0.2, 0) is 19.1 Å². The molecular weight excluding hydrogens is 466 g/mol. The van der Waals surface area contributed by atoms with Gasteiger partial charge in [0.1, 0.15) is 0 Å². The number of benzene rings is 1. The Morgan fingerprint density at radius 1 is 0.848 bits per heavy atom. The second-order valence-electron chi connectivity index (χ2n) is 6.16. The molecule has 0 bridgehead atoms. The lowest BCUT2D eigenvalue weighted by molar-refractivity contribution is -0.182. The van der Waals surface area contributed by atoms with Crippen LogP contribution >= 0.6 is 0 Å². The van der Waals surface area contributed by atoms with Gasteiger partial charge in [0.05, 0.1) is 14.2 Å². The summed E-state index contributed by atoms with van der Waals surface area (Å²) >= 11 is 0. The average Bonchev–Trinajstić information content (AvgIpc) is 2.70. The molecule has 1 aromatic rings. The smallest absolute Gasteiger partial charge is 0.422 e. The summed E-state index contributed by atoms with van der Waals surface area (Å²) in [6.07, 6.45) is -6.34. The number of hydrogen-bond acceptors (Lipinski definition) is 7. The zero-order valence-corrected chi connectivity index (χ0v) is 17.4. The van der Waals surface area contributed by atoms with E-state index in [2.05, 4.69) is 9.47 Å². The summed E-state index contributed by atoms with van der Waals surface area (Å²) in [7, 11) is 2.40. The minimum atomic E-state index is -4.75. The predicted octanol–water partition coefficient (Wildman–Crippen LogP) is 4.14. The van der Waals surface area contributed by atoms with Crippen molar-refractivity contribution in [3.63, 3.8) is 0 Å². The number of carbonyl (C=O) groups excluding carboxylic acids is 3. The van der Waals surface area contributed by atoms with Crippen molar-refractivity contribution in [1.82, 2.24) is 0 Å². The third kappa shape index (κ3) is 9.25. The number of esters is 2. The molecule has 0 heterocycles. The van der Waals surface area contributed by atoms with Gasteiger partial charge in [0.2, 0.25) is 0 Å². The summed E-state index contributed by atoms with van der Waals surface area (Å²) in [5.74, 6) is -3.47. The van der Waals surface area contributed by atoms with E-state index in [1.807, 2.05) is 0 Å². The summed E-state index contributed by atoms with van der Waals surface area (Å²) in [5.41, 5.74) is -0.323. The maximum atomic E-state index is 12.3. The molecule has 0 aliphatic carbocycles. The summed E-state index contributed by atoms with van der Waals surface area (Å²) in [5, 5.41) is 0. The van der Waals surface area contributed by atoms with Gasteiger partial charge in [-0.15, -0.1) is 0 Å². The number of ketones is 1. The summed E-state index contributed by atoms with van der Waals surface area (Å²) < 4.78 is 91.5. The van der Waals surface area contributed by atoms with Gasteiger partial charge in [0.15, 0.2) is 30.5 Å². The standard InChI is InChI=1S/C20H18F6O7/c1-11(27)17-12(4-6-15(28)32-9-19(21,22)23)8-14(30-2)18(31-3)13(17)5-7-16(29)33-10-20(24,25)26/h4-8H,9-10H2,1-3H3/b6-4+,7-5+. The number of carbonyl (C=O) groups is 3. The van der Waals surface area contributed by atoms with E-state index in [4.69, 9.17) is 9.47 Å². The average molecular weight is 484 g/mol. The number of rotatable bonds is 9. The van der Waals surface area contributed by atoms with E-state index in [1.165, 1.54) is 20.3 Å². The predicted molar refractivity (Wildman–Crippen MR) is 102 cm³/mol. The Labute approximate surface area is 183 Å². The van der Waals surface area contributed by atoms with Crippen LogP contribution < -0.4 is 9.47 Å². The lowest BCUT2D eigenvalue weighted by Gasteiger charge is -2.16. The van der Waals surface area contributed by atoms with Crippen LogP contribution in [-0.4, -0.2) is 57.5 Å². The Morgan fingerprint density at radius 2 is 1.33 bits per heavy atom. The number of Topliss-reactive ketones (excluding diaryl/α,β-unsaturated/α-hetero) is 1. The molecule has 0 amide bonds. The topological polar surface area (TPSA) is 88.1 Å². The molecule has 1 rings (SSSR count). The monoisotopic (exact) mass is 484 g/mol. The first kappa shape index (κ1) is 27.5. The maximum Gasteiger partial charge on any atom is 0.422 e. The van der Waals surface area contributed by atoms with Crippen molar-refractivity contribution in [2.75, 3.05) is 27.4 Å². The van der Waals surface area contributed by atoms with E-state index in [-0.39, 0.29) is 28.2 Å². The molecule has 0 saturated carbocycles. The van der Waals surface area contributed by atoms with E-state index in [0.717, 1.165) is 19.1 Å². The molecule has 0 fully saturated rings. The SMILES string of the molecule is COc1cc(/C=C/C(=O)OCC(F)(F)F)c(C(C)=O)c(/C=C/C(=O)OCC(F)(F)F)c1OC. The van der Waals surface area contributed by atoms with Crippen molar-refractivity contribution < 1.29 is 59.7 Å². The fraction of sp³-hybridized carbons (Fsp3) is 0.350. The van der Waals surface area contributed by atoms with Gasteiger partial charge in [0, 0.05) is 23.3 Å². The van der Waals surface area contributed by atoms with Gasteiger partial charge in [0.25, 0.3) is 0 Å². The van der Waals surface area contributed by atoms with E-state index >= 15 is 0 Å². The highest BCUT2D eigenvalue weighted by atomic mass is 19.4. The quantitative estimate of drug-likeness (QED) is 0.225. The van der Waals surface area contributed by atoms with Gasteiger partial charge >= 0.3 is 24.3 Å². The fourth-order valence-electron chi connectivity index (χ4n) is 2.44. The largest absolute Gasteiger partial charge is 0.493 e. The molecule has 182 valence electrons. The molecule has 7 nitrogen and oxygen atoms in total. The Hall–Kier alpha value is -3.51. The van der Waals surface area contributed by atoms with Crippen LogP contribution in [0.3, 0.4) is 0 Å². The van der Waals surface area contributed by atoms with Crippen molar-refractivity contribution in [2.45, 2.75) is 19.3 Å². The van der Waals surface area contributed by atoms with Crippen molar-refractivity contribution in [1.29, 1.82) is 0 Å². The Morgan fingerprint density at radius 3 is 1.73 bits per heavy atom. The maximum absolute atomic E-state index is 12.3. The lowest BCUT2D eigenvalue weighted by atomic mass is 9.95. The van der Waals surface area contributed by atoms with Crippen LogP contribution in [0.25, 0.3) is 12.2 Å². The molecule has 0 radical (unpaired) electrons. The molecule has 0 spiro atoms. The molecule has 0 saturated heterocycles. The number of halogens is 6. The molecular formula is C20H18F6O7. The molecule has 0 N–H and O–H groups in total. The second-order valence-corrected chi connectivity index (χ2v) is 6.16. The first-order valence-corrected chi connectivity index (χ1v) is 8.81. The number of methoxy groups -OCH3 is 2. The highest BCUT2D eigenvalue weighted by Gasteiger charge is 2.30. The van der Waals surface area contributed by atoms with Gasteiger partial charge in [-0.1, -0.05) is 0 Å². The Balaban J connectivity index is 3.41. The van der Waals surface area contributed by atoms with Crippen molar-refractivity contribution in [2.24, 2.45) is 0 Å². The Kier molecular flexibility index (Phi) is 9.49. The van der Waals surface area contributed by atoms with E-state index < -0.39 is 43.3 Å². The van der Waals surface area contributed by atoms with Crippen molar-refractivity contribution >= 4 is 29.9 Å². The van der Waals surface area contributed by atoms with Gasteiger partial charge in [-0.3, -0.25) is 4.79 Å². The molecule has 0 aromatic heterocycles. The van der Waals surface area contributed by atoms with Crippen LogP contribution in [0.2, 0.25) is 0 Å². The third-order valence-corrected chi connectivity index (χ3v) is 3.63.